The first-order chi connectivity index (χ1) is 8.34. The normalized spacial score (nSPS) is 13.5. The minimum Gasteiger partial charge on any atom is -0.465 e. The Balaban J connectivity index is 3.45. The molecule has 96 valence electrons. The van der Waals surface area contributed by atoms with Gasteiger partial charge in [0.1, 0.15) is 0 Å². The zero-order valence-corrected chi connectivity index (χ0v) is 10.7. The maximum absolute atomic E-state index is 11.2. The van der Waals surface area contributed by atoms with Gasteiger partial charge in [-0.3, -0.25) is 0 Å². The lowest BCUT2D eigenvalue weighted by Crippen LogP contribution is -2.46. The Morgan fingerprint density at radius 1 is 1.50 bits per heavy atom. The summed E-state index contributed by atoms with van der Waals surface area (Å²) in [6.07, 6.45) is -0.235. The van der Waals surface area contributed by atoms with Crippen molar-refractivity contribution in [1.29, 1.82) is 0 Å². The van der Waals surface area contributed by atoms with Crippen LogP contribution in [-0.4, -0.2) is 21.2 Å². The predicted molar refractivity (Wildman–Crippen MR) is 70.2 cm³/mol. The molecule has 1 rings (SSSR count). The number of hydrogen-bond acceptors (Lipinski definition) is 2. The summed E-state index contributed by atoms with van der Waals surface area (Å²) in [5, 5.41) is 20.0. The monoisotopic (exact) mass is 267 g/mol. The first kappa shape index (κ1) is 14.3. The van der Waals surface area contributed by atoms with Gasteiger partial charge in [0.05, 0.1) is 0 Å². The minimum atomic E-state index is -1.95. The van der Waals surface area contributed by atoms with Gasteiger partial charge in [-0.1, -0.05) is 43.0 Å². The van der Waals surface area contributed by atoms with Crippen LogP contribution in [0.25, 0.3) is 0 Å². The van der Waals surface area contributed by atoms with E-state index in [1.54, 1.807) is 18.2 Å². The number of nitrogens with zero attached hydrogens (tertiary/aromatic N) is 1. The largest absolute Gasteiger partial charge is 0.465 e. The Kier molecular flexibility index (Phi) is 4.16. The van der Waals surface area contributed by atoms with E-state index in [2.05, 4.69) is 13.2 Å². The molecule has 1 amide bonds. The molecule has 1 unspecified atom stereocenters. The lowest BCUT2D eigenvalue weighted by atomic mass is 10.0. The van der Waals surface area contributed by atoms with Crippen LogP contribution in [0.3, 0.4) is 0 Å². The van der Waals surface area contributed by atoms with Crippen LogP contribution in [0, 0.1) is 0 Å². The maximum atomic E-state index is 11.2. The van der Waals surface area contributed by atoms with E-state index in [1.807, 2.05) is 0 Å². The highest BCUT2D eigenvalue weighted by atomic mass is 35.5. The molecule has 0 aliphatic rings. The van der Waals surface area contributed by atoms with Gasteiger partial charge in [0.25, 0.3) is 0 Å². The van der Waals surface area contributed by atoms with Crippen LogP contribution in [0.2, 0.25) is 5.02 Å². The van der Waals surface area contributed by atoms with Gasteiger partial charge in [-0.2, -0.15) is 0 Å². The van der Waals surface area contributed by atoms with E-state index >= 15 is 0 Å². The highest BCUT2D eigenvalue weighted by Gasteiger charge is 2.39. The van der Waals surface area contributed by atoms with Crippen molar-refractivity contribution in [3.8, 4) is 0 Å². The summed E-state index contributed by atoms with van der Waals surface area (Å²) in [5.74, 6) is 0. The summed E-state index contributed by atoms with van der Waals surface area (Å²) in [6.45, 7) is 8.49. The van der Waals surface area contributed by atoms with Crippen LogP contribution in [0.4, 0.5) is 4.79 Å². The number of benzene rings is 1. The summed E-state index contributed by atoms with van der Waals surface area (Å²) in [7, 11) is 0. The molecule has 1 aromatic carbocycles. The summed E-state index contributed by atoms with van der Waals surface area (Å²) < 4.78 is 0. The van der Waals surface area contributed by atoms with E-state index in [-0.39, 0.29) is 16.3 Å². The van der Waals surface area contributed by atoms with Crippen molar-refractivity contribution in [2.45, 2.75) is 12.6 Å². The van der Waals surface area contributed by atoms with Gasteiger partial charge in [-0.25, -0.2) is 9.69 Å². The van der Waals surface area contributed by atoms with Gasteiger partial charge >= 0.3 is 6.09 Å². The van der Waals surface area contributed by atoms with Gasteiger partial charge < -0.3 is 10.2 Å². The van der Waals surface area contributed by atoms with Crippen LogP contribution in [0.15, 0.2) is 49.2 Å². The Bertz CT molecular complexity index is 487. The highest BCUT2D eigenvalue weighted by Crippen LogP contribution is 2.34. The summed E-state index contributed by atoms with van der Waals surface area (Å²) >= 11 is 5.98. The lowest BCUT2D eigenvalue weighted by molar-refractivity contribution is -0.0385. The molecule has 0 spiro atoms. The quantitative estimate of drug-likeness (QED) is 0.651. The molecule has 2 N–H and O–H groups in total. The van der Waals surface area contributed by atoms with E-state index in [0.29, 0.717) is 4.90 Å². The van der Waals surface area contributed by atoms with Crippen molar-refractivity contribution in [1.82, 2.24) is 4.90 Å². The summed E-state index contributed by atoms with van der Waals surface area (Å²) in [5.41, 5.74) is -1.56. The predicted octanol–water partition coefficient (Wildman–Crippen LogP) is 3.18. The van der Waals surface area contributed by atoms with Crippen molar-refractivity contribution in [2.24, 2.45) is 0 Å². The number of halogens is 1. The van der Waals surface area contributed by atoms with E-state index in [4.69, 9.17) is 11.6 Å². The first-order valence-electron chi connectivity index (χ1n) is 5.14. The molecule has 5 heteroatoms. The topological polar surface area (TPSA) is 60.8 Å². The van der Waals surface area contributed by atoms with Crippen molar-refractivity contribution in [2.75, 3.05) is 0 Å². The first-order valence-corrected chi connectivity index (χ1v) is 5.52. The van der Waals surface area contributed by atoms with Crippen molar-refractivity contribution in [3.05, 3.63) is 59.8 Å². The van der Waals surface area contributed by atoms with Gasteiger partial charge in [-0.05, 0) is 19.1 Å². The number of carbonyl (C=O) groups is 1. The molecule has 0 aliphatic heterocycles. The Hall–Kier alpha value is -1.78. The smallest absolute Gasteiger partial charge is 0.414 e. The average Bonchev–Trinajstić information content (AvgIpc) is 2.28. The molecule has 1 atom stereocenters. The van der Waals surface area contributed by atoms with E-state index in [0.717, 1.165) is 6.08 Å². The van der Waals surface area contributed by atoms with E-state index in [9.17, 15) is 15.0 Å². The Morgan fingerprint density at radius 3 is 2.44 bits per heavy atom. The van der Waals surface area contributed by atoms with Crippen LogP contribution < -0.4 is 0 Å². The molecular formula is C13H14ClNO3. The Morgan fingerprint density at radius 2 is 2.06 bits per heavy atom. The molecule has 0 fully saturated rings. The third-order valence-electron chi connectivity index (χ3n) is 2.47. The number of amides is 1. The minimum absolute atomic E-state index is 0.157. The molecule has 0 heterocycles. The van der Waals surface area contributed by atoms with Crippen LogP contribution in [0.5, 0.6) is 0 Å². The second-order valence-electron chi connectivity index (χ2n) is 3.76. The summed E-state index contributed by atoms with van der Waals surface area (Å²) in [6, 6.07) is 6.42. The zero-order chi connectivity index (χ0) is 13.9. The molecule has 0 radical (unpaired) electrons. The lowest BCUT2D eigenvalue weighted by Gasteiger charge is -2.36. The highest BCUT2D eigenvalue weighted by molar-refractivity contribution is 6.31. The molecule has 0 saturated heterocycles. The molecular weight excluding hydrogens is 254 g/mol. The number of allylic oxidation sites excluding steroid dienone is 1. The van der Waals surface area contributed by atoms with Crippen LogP contribution >= 0.6 is 11.6 Å². The third-order valence-corrected chi connectivity index (χ3v) is 2.80. The number of aliphatic hydroxyl groups is 1. The van der Waals surface area contributed by atoms with Gasteiger partial charge in [-0.15, -0.1) is 0 Å². The molecule has 0 bridgehead atoms. The Labute approximate surface area is 110 Å². The zero-order valence-electron chi connectivity index (χ0n) is 9.93. The SMILES string of the molecule is C=CC(O)(c1ccccc1Cl)N(C(=C)C)C(=O)O. The van der Waals surface area contributed by atoms with Gasteiger partial charge in [0.15, 0.2) is 5.72 Å². The molecule has 0 aromatic heterocycles. The summed E-state index contributed by atoms with van der Waals surface area (Å²) in [4.78, 5) is 12.0. The standard InChI is InChI=1S/C13H14ClNO3/c1-4-13(18,15(9(2)3)12(16)17)10-7-5-6-8-11(10)14/h4-8,18H,1-2H2,3H3,(H,16,17). The van der Waals surface area contributed by atoms with Gasteiger partial charge in [0.2, 0.25) is 0 Å². The fourth-order valence-electron chi connectivity index (χ4n) is 1.68. The van der Waals surface area contributed by atoms with Crippen LogP contribution in [0.1, 0.15) is 12.5 Å². The van der Waals surface area contributed by atoms with Crippen molar-refractivity contribution in [3.63, 3.8) is 0 Å². The van der Waals surface area contributed by atoms with Crippen molar-refractivity contribution >= 4 is 17.7 Å². The molecule has 0 saturated carbocycles. The maximum Gasteiger partial charge on any atom is 0.414 e. The second-order valence-corrected chi connectivity index (χ2v) is 4.17. The fraction of sp³-hybridized carbons (Fsp3) is 0.154. The second kappa shape index (κ2) is 5.25. The molecule has 18 heavy (non-hydrogen) atoms. The average molecular weight is 268 g/mol. The van der Waals surface area contributed by atoms with E-state index < -0.39 is 11.8 Å². The van der Waals surface area contributed by atoms with Crippen molar-refractivity contribution < 1.29 is 15.0 Å². The molecule has 4 nitrogen and oxygen atoms in total. The van der Waals surface area contributed by atoms with Gasteiger partial charge in [0, 0.05) is 16.3 Å². The van der Waals surface area contributed by atoms with E-state index in [1.165, 1.54) is 13.0 Å². The fourth-order valence-corrected chi connectivity index (χ4v) is 1.96. The number of hydrogen-bond donors (Lipinski definition) is 2. The number of carboxylic acid groups (broad SMARTS) is 1. The number of rotatable bonds is 4. The molecule has 0 aliphatic carbocycles. The third kappa shape index (κ3) is 2.39. The molecule has 1 aromatic rings. The van der Waals surface area contributed by atoms with Crippen LogP contribution in [-0.2, 0) is 5.72 Å².